The molecule has 1 aromatic heterocycles. The van der Waals surface area contributed by atoms with Crippen molar-refractivity contribution in [3.63, 3.8) is 0 Å². The molecule has 0 atom stereocenters. The highest BCUT2D eigenvalue weighted by atomic mass is 16.7. The number of piperazine rings is 1. The second-order valence-electron chi connectivity index (χ2n) is 7.76. The van der Waals surface area contributed by atoms with Crippen LogP contribution in [0.5, 0.6) is 11.5 Å². The Labute approximate surface area is 174 Å². The van der Waals surface area contributed by atoms with Crippen molar-refractivity contribution in [2.45, 2.75) is 25.8 Å². The van der Waals surface area contributed by atoms with E-state index in [1.54, 1.807) is 22.0 Å². The Morgan fingerprint density at radius 1 is 0.933 bits per heavy atom. The van der Waals surface area contributed by atoms with Crippen molar-refractivity contribution in [1.82, 2.24) is 19.6 Å². The van der Waals surface area contributed by atoms with Gasteiger partial charge in [0.1, 0.15) is 0 Å². The van der Waals surface area contributed by atoms with Crippen LogP contribution in [0, 0.1) is 0 Å². The number of benzene rings is 1. The molecule has 8 nitrogen and oxygen atoms in total. The maximum Gasteiger partial charge on any atom is 0.274 e. The molecule has 0 unspecified atom stereocenters. The second kappa shape index (κ2) is 7.85. The summed E-state index contributed by atoms with van der Waals surface area (Å²) in [6, 6.07) is 7.50. The van der Waals surface area contributed by atoms with E-state index in [0.717, 1.165) is 42.8 Å². The van der Waals surface area contributed by atoms with Crippen LogP contribution < -0.4 is 9.47 Å². The van der Waals surface area contributed by atoms with Crippen LogP contribution in [0.25, 0.3) is 6.08 Å². The summed E-state index contributed by atoms with van der Waals surface area (Å²) >= 11 is 0. The van der Waals surface area contributed by atoms with Gasteiger partial charge < -0.3 is 19.3 Å². The van der Waals surface area contributed by atoms with Crippen molar-refractivity contribution in [3.8, 4) is 11.5 Å². The lowest BCUT2D eigenvalue weighted by Crippen LogP contribution is -2.50. The predicted octanol–water partition coefficient (Wildman–Crippen LogP) is 1.95. The highest BCUT2D eigenvalue weighted by Crippen LogP contribution is 2.32. The highest BCUT2D eigenvalue weighted by molar-refractivity contribution is 5.94. The molecule has 0 radical (unpaired) electrons. The Balaban J connectivity index is 1.17. The zero-order valence-electron chi connectivity index (χ0n) is 16.7. The van der Waals surface area contributed by atoms with Crippen LogP contribution in [-0.2, 0) is 17.8 Å². The molecule has 1 saturated heterocycles. The number of hydrogen-bond donors (Lipinski definition) is 0. The number of aromatic nitrogens is 2. The van der Waals surface area contributed by atoms with Crippen molar-refractivity contribution < 1.29 is 19.1 Å². The first kappa shape index (κ1) is 18.7. The lowest BCUT2D eigenvalue weighted by molar-refractivity contribution is -0.127. The fourth-order valence-corrected chi connectivity index (χ4v) is 4.10. The number of amides is 2. The Hall–Kier alpha value is -3.29. The monoisotopic (exact) mass is 408 g/mol. The van der Waals surface area contributed by atoms with Gasteiger partial charge in [-0.15, -0.1) is 0 Å². The van der Waals surface area contributed by atoms with Crippen LogP contribution in [0.2, 0.25) is 0 Å². The number of carbonyl (C=O) groups is 2. The maximum absolute atomic E-state index is 12.8. The van der Waals surface area contributed by atoms with Gasteiger partial charge in [-0.25, -0.2) is 0 Å². The molecule has 3 aliphatic rings. The van der Waals surface area contributed by atoms with Crippen LogP contribution in [0.3, 0.4) is 0 Å². The molecule has 0 spiro atoms. The summed E-state index contributed by atoms with van der Waals surface area (Å²) in [6.07, 6.45) is 6.59. The molecule has 1 fully saturated rings. The third-order valence-electron chi connectivity index (χ3n) is 5.83. The summed E-state index contributed by atoms with van der Waals surface area (Å²) in [7, 11) is 0. The third-order valence-corrected chi connectivity index (χ3v) is 5.83. The third kappa shape index (κ3) is 3.65. The Bertz CT molecular complexity index is 981. The number of rotatable bonds is 3. The fraction of sp³-hybridized carbons (Fsp3) is 0.409. The van der Waals surface area contributed by atoms with E-state index < -0.39 is 0 Å². The van der Waals surface area contributed by atoms with E-state index in [1.807, 2.05) is 28.9 Å². The summed E-state index contributed by atoms with van der Waals surface area (Å²) in [5.41, 5.74) is 2.55. The largest absolute Gasteiger partial charge is 0.454 e. The van der Waals surface area contributed by atoms with Gasteiger partial charge in [0, 0.05) is 44.5 Å². The first-order valence-corrected chi connectivity index (χ1v) is 10.4. The number of carbonyl (C=O) groups excluding carboxylic acids is 2. The van der Waals surface area contributed by atoms with Crippen molar-refractivity contribution in [2.75, 3.05) is 33.0 Å². The smallest absolute Gasteiger partial charge is 0.274 e. The SMILES string of the molecule is O=C(/C=C/c1ccc2c(c1)OCO2)N1CCN(C(=O)c2cc3n(n2)CCCC3)CC1. The first-order valence-electron chi connectivity index (χ1n) is 10.4. The van der Waals surface area contributed by atoms with E-state index in [1.165, 1.54) is 0 Å². The van der Waals surface area contributed by atoms with Gasteiger partial charge in [0.15, 0.2) is 17.2 Å². The minimum atomic E-state index is -0.0581. The van der Waals surface area contributed by atoms with Gasteiger partial charge in [-0.3, -0.25) is 14.3 Å². The van der Waals surface area contributed by atoms with Crippen LogP contribution in [0.1, 0.15) is 34.6 Å². The molecule has 0 saturated carbocycles. The standard InChI is InChI=1S/C22H24N4O4/c27-21(7-5-16-4-6-19-20(13-16)30-15-29-19)24-9-11-25(12-10-24)22(28)18-14-17-3-1-2-8-26(17)23-18/h4-7,13-14H,1-3,8-12,15H2/b7-5+. The molecule has 8 heteroatoms. The maximum atomic E-state index is 12.8. The summed E-state index contributed by atoms with van der Waals surface area (Å²) in [4.78, 5) is 28.9. The molecule has 0 aliphatic carbocycles. The second-order valence-corrected chi connectivity index (χ2v) is 7.76. The van der Waals surface area contributed by atoms with Crippen molar-refractivity contribution >= 4 is 17.9 Å². The lowest BCUT2D eigenvalue weighted by atomic mass is 10.1. The van der Waals surface area contributed by atoms with Gasteiger partial charge in [0.2, 0.25) is 12.7 Å². The molecule has 1 aromatic carbocycles. The van der Waals surface area contributed by atoms with E-state index >= 15 is 0 Å². The van der Waals surface area contributed by atoms with E-state index in [4.69, 9.17) is 9.47 Å². The van der Waals surface area contributed by atoms with Gasteiger partial charge in [-0.1, -0.05) is 6.07 Å². The minimum Gasteiger partial charge on any atom is -0.454 e. The van der Waals surface area contributed by atoms with Gasteiger partial charge in [0.05, 0.1) is 0 Å². The zero-order chi connectivity index (χ0) is 20.5. The molecular formula is C22H24N4O4. The van der Waals surface area contributed by atoms with Crippen LogP contribution >= 0.6 is 0 Å². The lowest BCUT2D eigenvalue weighted by Gasteiger charge is -2.33. The number of hydrogen-bond acceptors (Lipinski definition) is 5. The van der Waals surface area contributed by atoms with Crippen LogP contribution in [0.15, 0.2) is 30.3 Å². The molecular weight excluding hydrogens is 384 g/mol. The molecule has 156 valence electrons. The van der Waals surface area contributed by atoms with Crippen LogP contribution in [0.4, 0.5) is 0 Å². The number of fused-ring (bicyclic) bond motifs is 2. The molecule has 2 amide bonds. The summed E-state index contributed by atoms with van der Waals surface area (Å²) in [5, 5.41) is 4.48. The zero-order valence-corrected chi connectivity index (χ0v) is 16.7. The van der Waals surface area contributed by atoms with E-state index in [2.05, 4.69) is 5.10 Å². The number of nitrogens with zero attached hydrogens (tertiary/aromatic N) is 4. The minimum absolute atomic E-state index is 0.0418. The topological polar surface area (TPSA) is 76.9 Å². The summed E-state index contributed by atoms with van der Waals surface area (Å²) in [5.74, 6) is 1.31. The van der Waals surface area contributed by atoms with Crippen LogP contribution in [-0.4, -0.2) is 64.4 Å². The van der Waals surface area contributed by atoms with E-state index in [-0.39, 0.29) is 18.6 Å². The van der Waals surface area contributed by atoms with E-state index in [9.17, 15) is 9.59 Å². The molecule has 5 rings (SSSR count). The van der Waals surface area contributed by atoms with E-state index in [0.29, 0.717) is 37.6 Å². The predicted molar refractivity (Wildman–Crippen MR) is 109 cm³/mol. The van der Waals surface area contributed by atoms with Crippen molar-refractivity contribution in [1.29, 1.82) is 0 Å². The van der Waals surface area contributed by atoms with Gasteiger partial charge in [-0.2, -0.15) is 5.10 Å². The molecule has 30 heavy (non-hydrogen) atoms. The fourth-order valence-electron chi connectivity index (χ4n) is 4.10. The molecule has 0 N–H and O–H groups in total. The highest BCUT2D eigenvalue weighted by Gasteiger charge is 2.26. The number of ether oxygens (including phenoxy) is 2. The average molecular weight is 408 g/mol. The quantitative estimate of drug-likeness (QED) is 0.726. The van der Waals surface area contributed by atoms with Crippen molar-refractivity contribution in [2.24, 2.45) is 0 Å². The Kier molecular flexibility index (Phi) is 4.90. The van der Waals surface area contributed by atoms with Gasteiger partial charge >= 0.3 is 0 Å². The van der Waals surface area contributed by atoms with Crippen molar-refractivity contribution in [3.05, 3.63) is 47.3 Å². The Morgan fingerprint density at radius 3 is 2.57 bits per heavy atom. The first-order chi connectivity index (χ1) is 14.7. The summed E-state index contributed by atoms with van der Waals surface area (Å²) < 4.78 is 12.6. The summed E-state index contributed by atoms with van der Waals surface area (Å²) in [6.45, 7) is 3.19. The molecule has 0 bridgehead atoms. The average Bonchev–Trinajstić information content (AvgIpc) is 3.43. The normalized spacial score (nSPS) is 18.0. The van der Waals surface area contributed by atoms with Gasteiger partial charge in [-0.05, 0) is 49.1 Å². The molecule has 2 aromatic rings. The molecule has 3 aliphatic heterocycles. The Morgan fingerprint density at radius 2 is 1.73 bits per heavy atom. The number of aryl methyl sites for hydroxylation is 2. The van der Waals surface area contributed by atoms with Gasteiger partial charge in [0.25, 0.3) is 5.91 Å². The molecule has 4 heterocycles.